The molecule has 0 aliphatic heterocycles. The van der Waals surface area contributed by atoms with Gasteiger partial charge in [0.15, 0.2) is 0 Å². The fourth-order valence-electron chi connectivity index (χ4n) is 1.61. The predicted octanol–water partition coefficient (Wildman–Crippen LogP) is 2.20. The summed E-state index contributed by atoms with van der Waals surface area (Å²) in [5.74, 6) is 1.95. The van der Waals surface area contributed by atoms with Gasteiger partial charge in [-0.1, -0.05) is 6.92 Å². The number of thioether (sulfide) groups is 1. The third kappa shape index (κ3) is 5.98. The quantitative estimate of drug-likeness (QED) is 0.718. The summed E-state index contributed by atoms with van der Waals surface area (Å²) in [6, 6.07) is 7.64. The Morgan fingerprint density at radius 1 is 1.37 bits per heavy atom. The first-order valence-corrected chi connectivity index (χ1v) is 7.62. The third-order valence-corrected chi connectivity index (χ3v) is 3.61. The van der Waals surface area contributed by atoms with Gasteiger partial charge < -0.3 is 15.3 Å². The zero-order chi connectivity index (χ0) is 14.1. The second-order valence-corrected chi connectivity index (χ2v) is 5.58. The number of rotatable bonds is 8. The van der Waals surface area contributed by atoms with Crippen LogP contribution >= 0.6 is 11.8 Å². The maximum Gasteiger partial charge on any atom is 0.225 e. The molecule has 0 bridgehead atoms. The van der Waals surface area contributed by atoms with Crippen molar-refractivity contribution in [2.24, 2.45) is 0 Å². The third-order valence-electron chi connectivity index (χ3n) is 2.70. The maximum atomic E-state index is 11.6. The topological polar surface area (TPSA) is 52.6 Å². The molecule has 19 heavy (non-hydrogen) atoms. The van der Waals surface area contributed by atoms with Crippen LogP contribution in [0, 0.1) is 0 Å². The predicted molar refractivity (Wildman–Crippen MR) is 83.0 cm³/mol. The van der Waals surface area contributed by atoms with Crippen LogP contribution < -0.4 is 10.2 Å². The Kier molecular flexibility index (Phi) is 7.36. The number of nitrogens with one attached hydrogen (secondary N) is 1. The molecular weight excluding hydrogens is 260 g/mol. The second kappa shape index (κ2) is 8.82. The molecule has 1 aromatic rings. The normalized spacial score (nSPS) is 10.3. The Balaban J connectivity index is 2.45. The molecule has 0 spiro atoms. The van der Waals surface area contributed by atoms with E-state index in [1.54, 1.807) is 11.8 Å². The van der Waals surface area contributed by atoms with Gasteiger partial charge in [-0.15, -0.1) is 0 Å². The highest BCUT2D eigenvalue weighted by Gasteiger charge is 2.03. The number of carbonyl (C=O) groups excluding carboxylic acids is 1. The van der Waals surface area contributed by atoms with E-state index < -0.39 is 0 Å². The molecule has 0 aliphatic carbocycles. The molecule has 0 aromatic heterocycles. The van der Waals surface area contributed by atoms with Crippen molar-refractivity contribution in [3.8, 4) is 0 Å². The number of aliphatic hydroxyl groups excluding tert-OH is 1. The fourth-order valence-corrected chi connectivity index (χ4v) is 2.23. The Bertz CT molecular complexity index is 382. The molecule has 2 N–H and O–H groups in total. The van der Waals surface area contributed by atoms with Crippen LogP contribution in [0.2, 0.25) is 0 Å². The number of likely N-dealkylation sites (N-methyl/N-ethyl adjacent to an activating group) is 1. The van der Waals surface area contributed by atoms with Crippen LogP contribution in [0.15, 0.2) is 24.3 Å². The lowest BCUT2D eigenvalue weighted by atomic mass is 10.2. The number of nitrogens with zero attached hydrogens (tertiary/aromatic N) is 1. The van der Waals surface area contributed by atoms with Gasteiger partial charge in [-0.05, 0) is 30.0 Å². The molecule has 0 saturated carbocycles. The van der Waals surface area contributed by atoms with Gasteiger partial charge >= 0.3 is 0 Å². The van der Waals surface area contributed by atoms with Gasteiger partial charge in [0.05, 0.1) is 6.61 Å². The lowest BCUT2D eigenvalue weighted by Crippen LogP contribution is -2.21. The SMILES string of the molecule is CCSCCC(=O)Nc1ccc(N(C)CCO)cc1. The molecule has 4 nitrogen and oxygen atoms in total. The second-order valence-electron chi connectivity index (χ2n) is 4.19. The molecule has 0 heterocycles. The molecule has 0 saturated heterocycles. The van der Waals surface area contributed by atoms with Crippen LogP contribution in [0.4, 0.5) is 11.4 Å². The Morgan fingerprint density at radius 2 is 2.05 bits per heavy atom. The first kappa shape index (κ1) is 15.9. The van der Waals surface area contributed by atoms with Crippen molar-refractivity contribution in [3.63, 3.8) is 0 Å². The summed E-state index contributed by atoms with van der Waals surface area (Å²) in [6.45, 7) is 2.81. The molecule has 1 rings (SSSR count). The largest absolute Gasteiger partial charge is 0.395 e. The lowest BCUT2D eigenvalue weighted by molar-refractivity contribution is -0.115. The van der Waals surface area contributed by atoms with Crippen molar-refractivity contribution in [2.75, 3.05) is 41.9 Å². The van der Waals surface area contributed by atoms with Gasteiger partial charge in [0.1, 0.15) is 0 Å². The number of hydrogen-bond donors (Lipinski definition) is 2. The molecule has 106 valence electrons. The molecule has 0 unspecified atom stereocenters. The van der Waals surface area contributed by atoms with Crippen molar-refractivity contribution in [3.05, 3.63) is 24.3 Å². The number of amides is 1. The molecule has 0 aliphatic rings. The van der Waals surface area contributed by atoms with E-state index in [0.717, 1.165) is 22.9 Å². The van der Waals surface area contributed by atoms with Crippen LogP contribution in [0.25, 0.3) is 0 Å². The summed E-state index contributed by atoms with van der Waals surface area (Å²) in [7, 11) is 1.92. The number of benzene rings is 1. The smallest absolute Gasteiger partial charge is 0.225 e. The zero-order valence-corrected chi connectivity index (χ0v) is 12.4. The van der Waals surface area contributed by atoms with Gasteiger partial charge in [0, 0.05) is 37.1 Å². The van der Waals surface area contributed by atoms with Crippen molar-refractivity contribution < 1.29 is 9.90 Å². The summed E-state index contributed by atoms with van der Waals surface area (Å²) in [5, 5.41) is 11.8. The molecule has 1 amide bonds. The summed E-state index contributed by atoms with van der Waals surface area (Å²) in [4.78, 5) is 13.6. The highest BCUT2D eigenvalue weighted by molar-refractivity contribution is 7.99. The van der Waals surface area contributed by atoms with Crippen LogP contribution in [0.5, 0.6) is 0 Å². The van der Waals surface area contributed by atoms with Crippen molar-refractivity contribution in [1.29, 1.82) is 0 Å². The highest BCUT2D eigenvalue weighted by atomic mass is 32.2. The van der Waals surface area contributed by atoms with Gasteiger partial charge in [0.2, 0.25) is 5.91 Å². The van der Waals surface area contributed by atoms with E-state index in [9.17, 15) is 4.79 Å². The zero-order valence-electron chi connectivity index (χ0n) is 11.6. The Labute approximate surface area is 119 Å². The number of carbonyl (C=O) groups is 1. The van der Waals surface area contributed by atoms with E-state index in [0.29, 0.717) is 13.0 Å². The average molecular weight is 282 g/mol. The van der Waals surface area contributed by atoms with Crippen LogP contribution in [0.1, 0.15) is 13.3 Å². The Morgan fingerprint density at radius 3 is 2.63 bits per heavy atom. The van der Waals surface area contributed by atoms with Crippen LogP contribution in [-0.2, 0) is 4.79 Å². The molecule has 1 aromatic carbocycles. The van der Waals surface area contributed by atoms with Crippen molar-refractivity contribution in [2.45, 2.75) is 13.3 Å². The fraction of sp³-hybridized carbons (Fsp3) is 0.500. The minimum absolute atomic E-state index is 0.0532. The standard InChI is InChI=1S/C14H22N2O2S/c1-3-19-11-8-14(18)15-12-4-6-13(7-5-12)16(2)9-10-17/h4-7,17H,3,8-11H2,1-2H3,(H,15,18). The number of anilines is 2. The first-order valence-electron chi connectivity index (χ1n) is 6.47. The Hall–Kier alpha value is -1.20. The van der Waals surface area contributed by atoms with Crippen molar-refractivity contribution >= 4 is 29.0 Å². The van der Waals surface area contributed by atoms with Gasteiger partial charge in [-0.3, -0.25) is 4.79 Å². The molecule has 0 radical (unpaired) electrons. The summed E-state index contributed by atoms with van der Waals surface area (Å²) in [5.41, 5.74) is 1.83. The van der Waals surface area contributed by atoms with Gasteiger partial charge in [-0.2, -0.15) is 11.8 Å². The van der Waals surface area contributed by atoms with Crippen molar-refractivity contribution in [1.82, 2.24) is 0 Å². The molecule has 5 heteroatoms. The van der Waals surface area contributed by atoms with E-state index in [1.807, 2.05) is 36.2 Å². The summed E-state index contributed by atoms with van der Waals surface area (Å²) in [6.07, 6.45) is 0.546. The van der Waals surface area contributed by atoms with Gasteiger partial charge in [-0.25, -0.2) is 0 Å². The minimum atomic E-state index is 0.0532. The minimum Gasteiger partial charge on any atom is -0.395 e. The van der Waals surface area contributed by atoms with E-state index in [4.69, 9.17) is 5.11 Å². The van der Waals surface area contributed by atoms with Crippen LogP contribution in [-0.4, -0.2) is 42.7 Å². The number of hydrogen-bond acceptors (Lipinski definition) is 4. The first-order chi connectivity index (χ1) is 9.17. The maximum absolute atomic E-state index is 11.6. The van der Waals surface area contributed by atoms with Crippen LogP contribution in [0.3, 0.4) is 0 Å². The van der Waals surface area contributed by atoms with E-state index >= 15 is 0 Å². The summed E-state index contributed by atoms with van der Waals surface area (Å²) < 4.78 is 0. The number of aliphatic hydroxyl groups is 1. The monoisotopic (exact) mass is 282 g/mol. The molecular formula is C14H22N2O2S. The van der Waals surface area contributed by atoms with E-state index in [2.05, 4.69) is 12.2 Å². The lowest BCUT2D eigenvalue weighted by Gasteiger charge is -2.18. The average Bonchev–Trinajstić information content (AvgIpc) is 2.40. The molecule has 0 fully saturated rings. The van der Waals surface area contributed by atoms with Gasteiger partial charge in [0.25, 0.3) is 0 Å². The highest BCUT2D eigenvalue weighted by Crippen LogP contribution is 2.16. The summed E-state index contributed by atoms with van der Waals surface area (Å²) >= 11 is 1.77. The van der Waals surface area contributed by atoms with E-state index in [-0.39, 0.29) is 12.5 Å². The molecule has 0 atom stereocenters. The van der Waals surface area contributed by atoms with E-state index in [1.165, 1.54) is 0 Å².